The van der Waals surface area contributed by atoms with Gasteiger partial charge in [-0.2, -0.15) is 0 Å². The van der Waals surface area contributed by atoms with Crippen LogP contribution in [0.4, 0.5) is 5.95 Å². The van der Waals surface area contributed by atoms with E-state index in [0.717, 1.165) is 13.1 Å². The van der Waals surface area contributed by atoms with Crippen LogP contribution in [0, 0.1) is 0 Å². The van der Waals surface area contributed by atoms with Crippen LogP contribution in [-0.2, 0) is 11.2 Å². The lowest BCUT2D eigenvalue weighted by molar-refractivity contribution is 0.122. The highest BCUT2D eigenvalue weighted by atomic mass is 35.5. The lowest BCUT2D eigenvalue weighted by Gasteiger charge is -2.27. The van der Waals surface area contributed by atoms with Gasteiger partial charge in [0, 0.05) is 31.7 Å². The van der Waals surface area contributed by atoms with Crippen molar-refractivity contribution in [1.82, 2.24) is 9.97 Å². The van der Waals surface area contributed by atoms with Gasteiger partial charge in [0.2, 0.25) is 5.95 Å². The van der Waals surface area contributed by atoms with Crippen LogP contribution in [0.5, 0.6) is 0 Å². The largest absolute Gasteiger partial charge is 0.396 e. The third kappa shape index (κ3) is 2.98. The van der Waals surface area contributed by atoms with Gasteiger partial charge in [0.05, 0.1) is 13.2 Å². The van der Waals surface area contributed by atoms with E-state index in [1.165, 1.54) is 0 Å². The molecule has 2 heterocycles. The summed E-state index contributed by atoms with van der Waals surface area (Å²) in [6, 6.07) is 0. The molecule has 0 aromatic carbocycles. The van der Waals surface area contributed by atoms with E-state index >= 15 is 0 Å². The first kappa shape index (κ1) is 12.8. The van der Waals surface area contributed by atoms with Gasteiger partial charge in [-0.1, -0.05) is 23.2 Å². The average molecular weight is 278 g/mol. The van der Waals surface area contributed by atoms with Crippen molar-refractivity contribution in [3.8, 4) is 0 Å². The van der Waals surface area contributed by atoms with Gasteiger partial charge in [-0.05, 0) is 0 Å². The van der Waals surface area contributed by atoms with E-state index in [4.69, 9.17) is 33.0 Å². The Morgan fingerprint density at radius 3 is 2.29 bits per heavy atom. The number of halogens is 2. The summed E-state index contributed by atoms with van der Waals surface area (Å²) in [6.07, 6.45) is 0.362. The normalized spacial score (nSPS) is 16.3. The van der Waals surface area contributed by atoms with Crippen molar-refractivity contribution in [3.05, 3.63) is 15.9 Å². The molecular weight excluding hydrogens is 265 g/mol. The molecule has 1 fully saturated rings. The predicted molar refractivity (Wildman–Crippen MR) is 65.9 cm³/mol. The standard InChI is InChI=1S/C10H13Cl2N3O2/c11-8-7(1-4-16)9(12)14-10(13-8)15-2-5-17-6-3-15/h16H,1-6H2. The number of morpholine rings is 1. The molecular formula is C10H13Cl2N3O2. The number of hydrogen-bond acceptors (Lipinski definition) is 5. The minimum Gasteiger partial charge on any atom is -0.396 e. The Kier molecular flexibility index (Phi) is 4.39. The molecule has 0 bridgehead atoms. The highest BCUT2D eigenvalue weighted by Crippen LogP contribution is 2.25. The maximum absolute atomic E-state index is 8.89. The van der Waals surface area contributed by atoms with Gasteiger partial charge < -0.3 is 14.7 Å². The molecule has 1 aliphatic rings. The molecule has 1 aromatic heterocycles. The van der Waals surface area contributed by atoms with Gasteiger partial charge in [-0.25, -0.2) is 9.97 Å². The molecule has 1 aliphatic heterocycles. The van der Waals surface area contributed by atoms with Crippen LogP contribution in [0.1, 0.15) is 5.56 Å². The number of ether oxygens (including phenoxy) is 1. The molecule has 0 atom stereocenters. The van der Waals surface area contributed by atoms with Crippen molar-refractivity contribution in [1.29, 1.82) is 0 Å². The van der Waals surface area contributed by atoms with Gasteiger partial charge in [0.25, 0.3) is 0 Å². The first-order valence-electron chi connectivity index (χ1n) is 5.38. The summed E-state index contributed by atoms with van der Waals surface area (Å²) >= 11 is 12.1. The quantitative estimate of drug-likeness (QED) is 0.841. The second kappa shape index (κ2) is 5.82. The number of aliphatic hydroxyl groups excluding tert-OH is 1. The summed E-state index contributed by atoms with van der Waals surface area (Å²) in [5.41, 5.74) is 0.591. The molecule has 0 amide bonds. The number of aromatic nitrogens is 2. The van der Waals surface area contributed by atoms with E-state index in [9.17, 15) is 0 Å². The first-order valence-corrected chi connectivity index (χ1v) is 6.13. The van der Waals surface area contributed by atoms with Crippen molar-refractivity contribution in [2.24, 2.45) is 0 Å². The second-order valence-electron chi connectivity index (χ2n) is 3.66. The average Bonchev–Trinajstić information content (AvgIpc) is 2.35. The van der Waals surface area contributed by atoms with Gasteiger partial charge >= 0.3 is 0 Å². The highest BCUT2D eigenvalue weighted by molar-refractivity contribution is 6.34. The second-order valence-corrected chi connectivity index (χ2v) is 4.37. The van der Waals surface area contributed by atoms with Crippen LogP contribution < -0.4 is 4.90 Å². The molecule has 94 valence electrons. The van der Waals surface area contributed by atoms with Crippen LogP contribution in [0.3, 0.4) is 0 Å². The zero-order valence-electron chi connectivity index (χ0n) is 9.20. The summed E-state index contributed by atoms with van der Waals surface area (Å²) in [5.74, 6) is 0.519. The first-order chi connectivity index (χ1) is 8.22. The summed E-state index contributed by atoms with van der Waals surface area (Å²) < 4.78 is 5.25. The lowest BCUT2D eigenvalue weighted by Crippen LogP contribution is -2.37. The molecule has 1 aromatic rings. The molecule has 1 saturated heterocycles. The monoisotopic (exact) mass is 277 g/mol. The van der Waals surface area contributed by atoms with Crippen LogP contribution in [0.25, 0.3) is 0 Å². The molecule has 0 unspecified atom stereocenters. The third-order valence-corrected chi connectivity index (χ3v) is 3.18. The minimum absolute atomic E-state index is 0.0281. The van der Waals surface area contributed by atoms with Crippen LogP contribution in [0.2, 0.25) is 10.3 Å². The van der Waals surface area contributed by atoms with E-state index in [1.807, 2.05) is 4.90 Å². The summed E-state index contributed by atoms with van der Waals surface area (Å²) in [6.45, 7) is 2.73. The Labute approximate surface area is 109 Å². The highest BCUT2D eigenvalue weighted by Gasteiger charge is 2.17. The van der Waals surface area contributed by atoms with Crippen molar-refractivity contribution >= 4 is 29.2 Å². The SMILES string of the molecule is OCCc1c(Cl)nc(N2CCOCC2)nc1Cl. The summed E-state index contributed by atoms with van der Waals surface area (Å²) in [7, 11) is 0. The maximum atomic E-state index is 8.89. The number of hydrogen-bond donors (Lipinski definition) is 1. The molecule has 7 heteroatoms. The van der Waals surface area contributed by atoms with E-state index in [2.05, 4.69) is 9.97 Å². The molecule has 0 radical (unpaired) electrons. The van der Waals surface area contributed by atoms with Gasteiger partial charge in [0.15, 0.2) is 0 Å². The smallest absolute Gasteiger partial charge is 0.228 e. The van der Waals surface area contributed by atoms with Crippen molar-refractivity contribution in [3.63, 3.8) is 0 Å². The number of aliphatic hydroxyl groups is 1. The molecule has 2 rings (SSSR count). The molecule has 17 heavy (non-hydrogen) atoms. The van der Waals surface area contributed by atoms with Gasteiger partial charge in [-0.3, -0.25) is 0 Å². The zero-order chi connectivity index (χ0) is 12.3. The zero-order valence-corrected chi connectivity index (χ0v) is 10.7. The molecule has 0 aliphatic carbocycles. The Bertz CT molecular complexity index is 374. The summed E-state index contributed by atoms with van der Waals surface area (Å²) in [5, 5.41) is 9.50. The lowest BCUT2D eigenvalue weighted by atomic mass is 10.2. The van der Waals surface area contributed by atoms with Crippen molar-refractivity contribution in [2.45, 2.75) is 6.42 Å². The predicted octanol–water partition coefficient (Wildman–Crippen LogP) is 1.15. The molecule has 0 spiro atoms. The van der Waals surface area contributed by atoms with Gasteiger partial charge in [0.1, 0.15) is 10.3 Å². The van der Waals surface area contributed by atoms with Gasteiger partial charge in [-0.15, -0.1) is 0 Å². The fourth-order valence-corrected chi connectivity index (χ4v) is 2.21. The maximum Gasteiger partial charge on any atom is 0.228 e. The Morgan fingerprint density at radius 1 is 1.18 bits per heavy atom. The van der Waals surface area contributed by atoms with Crippen LogP contribution in [-0.4, -0.2) is 48.0 Å². The molecule has 0 saturated carbocycles. The van der Waals surface area contributed by atoms with E-state index in [1.54, 1.807) is 0 Å². The van der Waals surface area contributed by atoms with Crippen LogP contribution >= 0.6 is 23.2 Å². The Balaban J connectivity index is 2.24. The van der Waals surface area contributed by atoms with E-state index < -0.39 is 0 Å². The molecule has 5 nitrogen and oxygen atoms in total. The van der Waals surface area contributed by atoms with E-state index in [0.29, 0.717) is 41.5 Å². The van der Waals surface area contributed by atoms with E-state index in [-0.39, 0.29) is 6.61 Å². The van der Waals surface area contributed by atoms with Crippen molar-refractivity contribution in [2.75, 3.05) is 37.8 Å². The fourth-order valence-electron chi connectivity index (χ4n) is 1.64. The van der Waals surface area contributed by atoms with Crippen molar-refractivity contribution < 1.29 is 9.84 Å². The third-order valence-electron chi connectivity index (χ3n) is 2.55. The number of nitrogens with zero attached hydrogens (tertiary/aromatic N) is 3. The topological polar surface area (TPSA) is 58.5 Å². The Hall–Kier alpha value is -0.620. The van der Waals surface area contributed by atoms with Crippen LogP contribution in [0.15, 0.2) is 0 Å². The number of rotatable bonds is 3. The molecule has 1 N–H and O–H groups in total. The minimum atomic E-state index is -0.0281. The summed E-state index contributed by atoms with van der Waals surface area (Å²) in [4.78, 5) is 10.4. The Morgan fingerprint density at radius 2 is 1.76 bits per heavy atom. The fraction of sp³-hybridized carbons (Fsp3) is 0.600. The number of anilines is 1.